The molecule has 0 bridgehead atoms. The van der Waals surface area contributed by atoms with Crippen LogP contribution in [0.25, 0.3) is 0 Å². The third kappa shape index (κ3) is 1.43. The standard InChI is InChI=1S/C7H16N2/c1-5(2)7-4-8-9-6(7)3/h5-9H,4H2,1-3H3. The second-order valence-corrected chi connectivity index (χ2v) is 3.22. The minimum atomic E-state index is 0.644. The molecule has 1 aliphatic heterocycles. The van der Waals surface area contributed by atoms with Crippen LogP contribution in [-0.4, -0.2) is 12.6 Å². The third-order valence-electron chi connectivity index (χ3n) is 2.17. The molecule has 54 valence electrons. The van der Waals surface area contributed by atoms with Crippen molar-refractivity contribution in [2.24, 2.45) is 11.8 Å². The summed E-state index contributed by atoms with van der Waals surface area (Å²) in [5.74, 6) is 1.60. The molecular formula is C7H16N2. The predicted molar refractivity (Wildman–Crippen MR) is 38.9 cm³/mol. The first-order valence-electron chi connectivity index (χ1n) is 3.70. The summed E-state index contributed by atoms with van der Waals surface area (Å²) in [4.78, 5) is 0. The van der Waals surface area contributed by atoms with Gasteiger partial charge in [-0.15, -0.1) is 0 Å². The highest BCUT2D eigenvalue weighted by Crippen LogP contribution is 2.16. The van der Waals surface area contributed by atoms with E-state index in [1.807, 2.05) is 0 Å². The number of hydrazine groups is 1. The summed E-state index contributed by atoms with van der Waals surface area (Å²) in [6.07, 6.45) is 0. The zero-order valence-corrected chi connectivity index (χ0v) is 6.44. The van der Waals surface area contributed by atoms with Crippen LogP contribution in [-0.2, 0) is 0 Å². The average molecular weight is 128 g/mol. The van der Waals surface area contributed by atoms with E-state index in [0.717, 1.165) is 18.4 Å². The Bertz CT molecular complexity index is 90.9. The fraction of sp³-hybridized carbons (Fsp3) is 1.00. The smallest absolute Gasteiger partial charge is 0.0227 e. The van der Waals surface area contributed by atoms with Gasteiger partial charge in [0.05, 0.1) is 0 Å². The molecule has 1 aliphatic rings. The molecule has 0 aromatic carbocycles. The molecule has 1 rings (SSSR count). The second kappa shape index (κ2) is 2.67. The lowest BCUT2D eigenvalue weighted by Gasteiger charge is -2.16. The summed E-state index contributed by atoms with van der Waals surface area (Å²) in [6.45, 7) is 7.90. The molecule has 0 spiro atoms. The number of rotatable bonds is 1. The quantitative estimate of drug-likeness (QED) is 0.544. The van der Waals surface area contributed by atoms with Gasteiger partial charge < -0.3 is 0 Å². The molecule has 0 saturated carbocycles. The molecule has 2 heteroatoms. The first-order valence-corrected chi connectivity index (χ1v) is 3.70. The Hall–Kier alpha value is -0.0800. The maximum Gasteiger partial charge on any atom is 0.0227 e. The van der Waals surface area contributed by atoms with Crippen LogP contribution in [0.3, 0.4) is 0 Å². The highest BCUT2D eigenvalue weighted by atomic mass is 15.4. The lowest BCUT2D eigenvalue weighted by atomic mass is 9.91. The molecule has 0 aromatic rings. The van der Waals surface area contributed by atoms with Crippen LogP contribution in [0.2, 0.25) is 0 Å². The van der Waals surface area contributed by atoms with Crippen LogP contribution >= 0.6 is 0 Å². The molecule has 0 amide bonds. The van der Waals surface area contributed by atoms with Gasteiger partial charge in [-0.3, -0.25) is 10.9 Å². The summed E-state index contributed by atoms with van der Waals surface area (Å²) >= 11 is 0. The van der Waals surface area contributed by atoms with Crippen LogP contribution in [0, 0.1) is 11.8 Å². The molecule has 2 unspecified atom stereocenters. The van der Waals surface area contributed by atoms with Crippen molar-refractivity contribution in [2.45, 2.75) is 26.8 Å². The van der Waals surface area contributed by atoms with E-state index in [0.29, 0.717) is 6.04 Å². The molecule has 9 heavy (non-hydrogen) atoms. The van der Waals surface area contributed by atoms with Crippen LogP contribution < -0.4 is 10.9 Å². The number of hydrogen-bond donors (Lipinski definition) is 2. The predicted octanol–water partition coefficient (Wildman–Crippen LogP) is 0.755. The fourth-order valence-electron chi connectivity index (χ4n) is 1.43. The summed E-state index contributed by atoms with van der Waals surface area (Å²) < 4.78 is 0. The van der Waals surface area contributed by atoms with E-state index >= 15 is 0 Å². The largest absolute Gasteiger partial charge is 0.257 e. The van der Waals surface area contributed by atoms with Crippen LogP contribution in [0.1, 0.15) is 20.8 Å². The highest BCUT2D eigenvalue weighted by molar-refractivity contribution is 4.80. The van der Waals surface area contributed by atoms with Gasteiger partial charge in [-0.05, 0) is 18.8 Å². The minimum absolute atomic E-state index is 0.644. The first kappa shape index (κ1) is 7.03. The molecular weight excluding hydrogens is 112 g/mol. The Morgan fingerprint density at radius 3 is 2.33 bits per heavy atom. The Morgan fingerprint density at radius 2 is 2.11 bits per heavy atom. The first-order chi connectivity index (χ1) is 4.22. The van der Waals surface area contributed by atoms with Gasteiger partial charge in [-0.1, -0.05) is 13.8 Å². The number of nitrogens with one attached hydrogen (secondary N) is 2. The van der Waals surface area contributed by atoms with Crippen LogP contribution in [0.4, 0.5) is 0 Å². The molecule has 1 saturated heterocycles. The van der Waals surface area contributed by atoms with E-state index in [4.69, 9.17) is 0 Å². The van der Waals surface area contributed by atoms with Crippen molar-refractivity contribution in [1.82, 2.24) is 10.9 Å². The molecule has 2 N–H and O–H groups in total. The topological polar surface area (TPSA) is 24.1 Å². The zero-order valence-electron chi connectivity index (χ0n) is 6.44. The van der Waals surface area contributed by atoms with Gasteiger partial charge in [-0.25, -0.2) is 0 Å². The molecule has 0 aliphatic carbocycles. The van der Waals surface area contributed by atoms with E-state index < -0.39 is 0 Å². The van der Waals surface area contributed by atoms with Crippen LogP contribution in [0.15, 0.2) is 0 Å². The van der Waals surface area contributed by atoms with Gasteiger partial charge in [-0.2, -0.15) is 0 Å². The monoisotopic (exact) mass is 128 g/mol. The maximum absolute atomic E-state index is 3.20. The van der Waals surface area contributed by atoms with Gasteiger partial charge in [0.2, 0.25) is 0 Å². The van der Waals surface area contributed by atoms with E-state index in [2.05, 4.69) is 31.6 Å². The van der Waals surface area contributed by atoms with E-state index in [-0.39, 0.29) is 0 Å². The molecule has 1 heterocycles. The summed E-state index contributed by atoms with van der Waals surface area (Å²) in [6, 6.07) is 0.644. The highest BCUT2D eigenvalue weighted by Gasteiger charge is 2.24. The number of hydrogen-bond acceptors (Lipinski definition) is 2. The van der Waals surface area contributed by atoms with Gasteiger partial charge in [0.15, 0.2) is 0 Å². The van der Waals surface area contributed by atoms with Gasteiger partial charge in [0.25, 0.3) is 0 Å². The molecule has 2 atom stereocenters. The van der Waals surface area contributed by atoms with Crippen molar-refractivity contribution in [2.75, 3.05) is 6.54 Å². The Morgan fingerprint density at radius 1 is 1.44 bits per heavy atom. The van der Waals surface area contributed by atoms with Gasteiger partial charge in [0.1, 0.15) is 0 Å². The van der Waals surface area contributed by atoms with Crippen molar-refractivity contribution in [1.29, 1.82) is 0 Å². The molecule has 1 fully saturated rings. The summed E-state index contributed by atoms with van der Waals surface area (Å²) in [7, 11) is 0. The Kier molecular flexibility index (Phi) is 2.09. The van der Waals surface area contributed by atoms with Crippen molar-refractivity contribution in [3.63, 3.8) is 0 Å². The van der Waals surface area contributed by atoms with Crippen molar-refractivity contribution in [3.05, 3.63) is 0 Å². The van der Waals surface area contributed by atoms with Gasteiger partial charge >= 0.3 is 0 Å². The third-order valence-corrected chi connectivity index (χ3v) is 2.17. The maximum atomic E-state index is 3.20. The SMILES string of the molecule is CC(C)C1CNNC1C. The molecule has 2 nitrogen and oxygen atoms in total. The lowest BCUT2D eigenvalue weighted by molar-refractivity contribution is 0.373. The van der Waals surface area contributed by atoms with Crippen molar-refractivity contribution in [3.8, 4) is 0 Å². The Balaban J connectivity index is 2.40. The van der Waals surface area contributed by atoms with E-state index in [9.17, 15) is 0 Å². The van der Waals surface area contributed by atoms with Gasteiger partial charge in [0, 0.05) is 12.6 Å². The van der Waals surface area contributed by atoms with E-state index in [1.54, 1.807) is 0 Å². The average Bonchev–Trinajstić information content (AvgIpc) is 2.13. The zero-order chi connectivity index (χ0) is 6.85. The van der Waals surface area contributed by atoms with Crippen molar-refractivity contribution < 1.29 is 0 Å². The fourth-order valence-corrected chi connectivity index (χ4v) is 1.43. The lowest BCUT2D eigenvalue weighted by Crippen LogP contribution is -2.29. The molecule has 0 radical (unpaired) electrons. The van der Waals surface area contributed by atoms with Crippen LogP contribution in [0.5, 0.6) is 0 Å². The normalized spacial score (nSPS) is 36.0. The second-order valence-electron chi connectivity index (χ2n) is 3.22. The van der Waals surface area contributed by atoms with Crippen molar-refractivity contribution >= 4 is 0 Å². The summed E-state index contributed by atoms with van der Waals surface area (Å²) in [5, 5.41) is 0. The summed E-state index contributed by atoms with van der Waals surface area (Å²) in [5.41, 5.74) is 6.35. The Labute approximate surface area is 57.0 Å². The van der Waals surface area contributed by atoms with E-state index in [1.165, 1.54) is 0 Å². The molecule has 0 aromatic heterocycles. The minimum Gasteiger partial charge on any atom is -0.257 e.